The third-order valence-electron chi connectivity index (χ3n) is 6.94. The minimum atomic E-state index is 0.332. The molecule has 3 atom stereocenters. The number of likely N-dealkylation sites (tertiary alicyclic amines) is 1. The molecule has 3 aliphatic rings. The first kappa shape index (κ1) is 18.0. The van der Waals surface area contributed by atoms with E-state index >= 15 is 0 Å². The molecule has 2 saturated heterocycles. The molecular formula is C26H26N2O2. The maximum absolute atomic E-state index is 5.56. The number of piperidine rings is 1. The zero-order valence-corrected chi connectivity index (χ0v) is 17.2. The lowest BCUT2D eigenvalue weighted by atomic mass is 9.72. The molecule has 3 aromatic rings. The van der Waals surface area contributed by atoms with Crippen molar-refractivity contribution >= 4 is 0 Å². The van der Waals surface area contributed by atoms with E-state index in [0.29, 0.717) is 24.8 Å². The molecule has 1 N–H and O–H groups in total. The van der Waals surface area contributed by atoms with E-state index in [4.69, 9.17) is 9.47 Å². The van der Waals surface area contributed by atoms with Gasteiger partial charge < -0.3 is 14.8 Å². The highest BCUT2D eigenvalue weighted by Crippen LogP contribution is 2.44. The van der Waals surface area contributed by atoms with E-state index in [9.17, 15) is 0 Å². The van der Waals surface area contributed by atoms with Crippen molar-refractivity contribution in [2.45, 2.75) is 31.5 Å². The number of hydrogen-bond donors (Lipinski definition) is 1. The number of aryl methyl sites for hydroxylation is 1. The molecule has 3 heterocycles. The highest BCUT2D eigenvalue weighted by Gasteiger charge is 2.50. The second kappa shape index (κ2) is 7.15. The third-order valence-corrected chi connectivity index (χ3v) is 6.94. The smallest absolute Gasteiger partial charge is 0.231 e. The summed E-state index contributed by atoms with van der Waals surface area (Å²) >= 11 is 0. The van der Waals surface area contributed by atoms with Crippen molar-refractivity contribution in [2.75, 3.05) is 19.9 Å². The summed E-state index contributed by atoms with van der Waals surface area (Å²) in [7, 11) is 0. The Labute approximate surface area is 177 Å². The highest BCUT2D eigenvalue weighted by molar-refractivity contribution is 5.67. The van der Waals surface area contributed by atoms with Crippen molar-refractivity contribution in [3.8, 4) is 22.6 Å². The van der Waals surface area contributed by atoms with Gasteiger partial charge in [-0.2, -0.15) is 0 Å². The van der Waals surface area contributed by atoms with Crippen LogP contribution in [0.15, 0.2) is 66.7 Å². The van der Waals surface area contributed by atoms with Crippen LogP contribution in [-0.4, -0.2) is 36.9 Å². The first-order chi connectivity index (χ1) is 14.8. The van der Waals surface area contributed by atoms with Gasteiger partial charge in [-0.05, 0) is 46.9 Å². The minimum Gasteiger partial charge on any atom is -0.454 e. The Hall–Kier alpha value is -2.82. The zero-order chi connectivity index (χ0) is 20.1. The summed E-state index contributed by atoms with van der Waals surface area (Å²) in [6.07, 6.45) is 0. The maximum atomic E-state index is 5.56. The normalized spacial score (nSPS) is 24.5. The largest absolute Gasteiger partial charge is 0.454 e. The zero-order valence-electron chi connectivity index (χ0n) is 17.2. The molecule has 1 unspecified atom stereocenters. The van der Waals surface area contributed by atoms with E-state index in [1.54, 1.807) is 0 Å². The molecule has 0 saturated carbocycles. The van der Waals surface area contributed by atoms with Crippen LogP contribution in [-0.2, 0) is 6.54 Å². The first-order valence-electron chi connectivity index (χ1n) is 10.8. The number of hydrogen-bond acceptors (Lipinski definition) is 4. The van der Waals surface area contributed by atoms with E-state index in [1.807, 2.05) is 6.07 Å². The molecule has 3 aliphatic heterocycles. The molecule has 0 aliphatic carbocycles. The van der Waals surface area contributed by atoms with E-state index in [1.165, 1.54) is 27.8 Å². The number of nitrogens with zero attached hydrogens (tertiary/aromatic N) is 1. The SMILES string of the molecule is Cc1ccccc1-c1ccc(C2[C@H]3CNC[C@@H]2N3Cc2ccc3c(c2)OCO3)cc1. The predicted molar refractivity (Wildman–Crippen MR) is 118 cm³/mol. The molecular weight excluding hydrogens is 372 g/mol. The predicted octanol–water partition coefficient (Wildman–Crippen LogP) is 4.33. The van der Waals surface area contributed by atoms with Gasteiger partial charge in [-0.15, -0.1) is 0 Å². The average molecular weight is 399 g/mol. The number of ether oxygens (including phenoxy) is 2. The van der Waals surface area contributed by atoms with Gasteiger partial charge in [-0.3, -0.25) is 4.90 Å². The summed E-state index contributed by atoms with van der Waals surface area (Å²) in [5, 5.41) is 3.60. The molecule has 0 amide bonds. The van der Waals surface area contributed by atoms with E-state index in [0.717, 1.165) is 31.1 Å². The fraction of sp³-hybridized carbons (Fsp3) is 0.308. The van der Waals surface area contributed by atoms with Crippen molar-refractivity contribution in [3.05, 3.63) is 83.4 Å². The summed E-state index contributed by atoms with van der Waals surface area (Å²) in [6, 6.07) is 25.3. The molecule has 0 spiro atoms. The monoisotopic (exact) mass is 398 g/mol. The number of piperazine rings is 1. The van der Waals surface area contributed by atoms with Crippen LogP contribution in [0.25, 0.3) is 11.1 Å². The van der Waals surface area contributed by atoms with Crippen molar-refractivity contribution in [3.63, 3.8) is 0 Å². The Morgan fingerprint density at radius 1 is 0.900 bits per heavy atom. The van der Waals surface area contributed by atoms with Crippen molar-refractivity contribution in [1.29, 1.82) is 0 Å². The third kappa shape index (κ3) is 2.91. The number of nitrogens with one attached hydrogen (secondary N) is 1. The summed E-state index contributed by atoms with van der Waals surface area (Å²) in [6.45, 7) is 5.57. The Morgan fingerprint density at radius 2 is 1.67 bits per heavy atom. The van der Waals surface area contributed by atoms with Crippen LogP contribution in [0.2, 0.25) is 0 Å². The first-order valence-corrected chi connectivity index (χ1v) is 10.8. The van der Waals surface area contributed by atoms with Crippen LogP contribution in [0.4, 0.5) is 0 Å². The summed E-state index contributed by atoms with van der Waals surface area (Å²) in [4.78, 5) is 2.65. The molecule has 4 nitrogen and oxygen atoms in total. The molecule has 2 bridgehead atoms. The van der Waals surface area contributed by atoms with Crippen molar-refractivity contribution in [1.82, 2.24) is 10.2 Å². The van der Waals surface area contributed by atoms with Gasteiger partial charge >= 0.3 is 0 Å². The average Bonchev–Trinajstić information content (AvgIpc) is 3.26. The molecule has 152 valence electrons. The van der Waals surface area contributed by atoms with Crippen LogP contribution in [0.5, 0.6) is 11.5 Å². The molecule has 3 aromatic carbocycles. The van der Waals surface area contributed by atoms with Crippen LogP contribution in [0.1, 0.15) is 22.6 Å². The quantitative estimate of drug-likeness (QED) is 0.709. The summed E-state index contributed by atoms with van der Waals surface area (Å²) < 4.78 is 11.0. The topological polar surface area (TPSA) is 33.7 Å². The molecule has 6 rings (SSSR count). The molecule has 0 radical (unpaired) electrons. The second-order valence-electron chi connectivity index (χ2n) is 8.62. The summed E-state index contributed by atoms with van der Waals surface area (Å²) in [5.74, 6) is 2.33. The van der Waals surface area contributed by atoms with Gasteiger partial charge in [-0.1, -0.05) is 54.6 Å². The van der Waals surface area contributed by atoms with Gasteiger partial charge in [0.1, 0.15) is 0 Å². The fourth-order valence-electron chi connectivity index (χ4n) is 5.39. The Bertz CT molecular complexity index is 1070. The van der Waals surface area contributed by atoms with Crippen molar-refractivity contribution < 1.29 is 9.47 Å². The standard InChI is InChI=1S/C26H26N2O2/c1-17-4-2-3-5-21(17)19-7-9-20(10-8-19)26-22-13-27-14-23(26)28(22)15-18-6-11-24-25(12-18)30-16-29-24/h2-12,22-23,26-27H,13-16H2,1H3/t22-,23+,26?. The lowest BCUT2D eigenvalue weighted by Gasteiger charge is -2.59. The van der Waals surface area contributed by atoms with E-state index < -0.39 is 0 Å². The Balaban J connectivity index is 1.21. The van der Waals surface area contributed by atoms with Gasteiger partial charge in [0.25, 0.3) is 0 Å². The van der Waals surface area contributed by atoms with Crippen LogP contribution in [0, 0.1) is 6.92 Å². The highest BCUT2D eigenvalue weighted by atomic mass is 16.7. The molecule has 4 heteroatoms. The Morgan fingerprint density at radius 3 is 2.47 bits per heavy atom. The number of benzene rings is 3. The number of fused-ring (bicyclic) bond motifs is 3. The van der Waals surface area contributed by atoms with E-state index in [2.05, 4.69) is 77.8 Å². The Kier molecular flexibility index (Phi) is 4.29. The van der Waals surface area contributed by atoms with Crippen LogP contribution < -0.4 is 14.8 Å². The minimum absolute atomic E-state index is 0.332. The van der Waals surface area contributed by atoms with Gasteiger partial charge in [0.05, 0.1) is 0 Å². The van der Waals surface area contributed by atoms with Crippen LogP contribution in [0.3, 0.4) is 0 Å². The molecule has 0 aromatic heterocycles. The maximum Gasteiger partial charge on any atom is 0.231 e. The van der Waals surface area contributed by atoms with Gasteiger partial charge in [0.15, 0.2) is 11.5 Å². The number of rotatable bonds is 4. The lowest BCUT2D eigenvalue weighted by molar-refractivity contribution is -0.0483. The van der Waals surface area contributed by atoms with Gasteiger partial charge in [-0.25, -0.2) is 0 Å². The van der Waals surface area contributed by atoms with Crippen LogP contribution >= 0.6 is 0 Å². The lowest BCUT2D eigenvalue weighted by Crippen LogP contribution is -2.72. The molecule has 30 heavy (non-hydrogen) atoms. The van der Waals surface area contributed by atoms with E-state index in [-0.39, 0.29) is 0 Å². The van der Waals surface area contributed by atoms with Crippen molar-refractivity contribution in [2.24, 2.45) is 0 Å². The van der Waals surface area contributed by atoms with Gasteiger partial charge in [0, 0.05) is 37.6 Å². The second-order valence-corrected chi connectivity index (χ2v) is 8.62. The molecule has 2 fully saturated rings. The van der Waals surface area contributed by atoms with Gasteiger partial charge in [0.2, 0.25) is 6.79 Å². The summed E-state index contributed by atoms with van der Waals surface area (Å²) in [5.41, 5.74) is 6.71. The fourth-order valence-corrected chi connectivity index (χ4v) is 5.39.